The Kier molecular flexibility index (Phi) is 3.19. The zero-order chi connectivity index (χ0) is 12.3. The molecule has 2 aromatic carbocycles. The SMILES string of the molecule is CC(=O)Oc1cc(-c2ccccc2)ccc1F. The molecular weight excluding hydrogens is 219 g/mol. The molecule has 0 bridgehead atoms. The van der Waals surface area contributed by atoms with Gasteiger partial charge in [0.05, 0.1) is 0 Å². The summed E-state index contributed by atoms with van der Waals surface area (Å²) in [7, 11) is 0. The quantitative estimate of drug-likeness (QED) is 0.583. The van der Waals surface area contributed by atoms with E-state index in [1.165, 1.54) is 19.1 Å². The molecule has 0 radical (unpaired) electrons. The van der Waals surface area contributed by atoms with E-state index < -0.39 is 11.8 Å². The highest BCUT2D eigenvalue weighted by Crippen LogP contribution is 2.26. The van der Waals surface area contributed by atoms with Gasteiger partial charge in [-0.05, 0) is 23.3 Å². The molecule has 2 aromatic rings. The van der Waals surface area contributed by atoms with Crippen molar-refractivity contribution in [2.45, 2.75) is 6.92 Å². The predicted molar refractivity (Wildman–Crippen MR) is 63.1 cm³/mol. The van der Waals surface area contributed by atoms with Crippen molar-refractivity contribution in [2.24, 2.45) is 0 Å². The van der Waals surface area contributed by atoms with Crippen LogP contribution >= 0.6 is 0 Å². The number of carbonyl (C=O) groups is 1. The Balaban J connectivity index is 2.41. The first-order valence-electron chi connectivity index (χ1n) is 5.20. The Morgan fingerprint density at radius 2 is 1.76 bits per heavy atom. The standard InChI is InChI=1S/C14H11FO2/c1-10(16)17-14-9-12(7-8-13(14)15)11-5-3-2-4-6-11/h2-9H,1H3. The number of esters is 1. The predicted octanol–water partition coefficient (Wildman–Crippen LogP) is 3.42. The number of halogens is 1. The van der Waals surface area contributed by atoms with Crippen LogP contribution in [-0.4, -0.2) is 5.97 Å². The number of hydrogen-bond donors (Lipinski definition) is 0. The van der Waals surface area contributed by atoms with Crippen LogP contribution in [0.4, 0.5) is 4.39 Å². The van der Waals surface area contributed by atoms with Crippen LogP contribution in [0.1, 0.15) is 6.92 Å². The summed E-state index contributed by atoms with van der Waals surface area (Å²) >= 11 is 0. The fourth-order valence-electron chi connectivity index (χ4n) is 1.55. The Bertz CT molecular complexity index is 535. The molecule has 0 N–H and O–H groups in total. The molecule has 0 saturated heterocycles. The van der Waals surface area contributed by atoms with Crippen LogP contribution in [0.25, 0.3) is 11.1 Å². The van der Waals surface area contributed by atoms with Crippen LogP contribution in [-0.2, 0) is 4.79 Å². The number of benzene rings is 2. The van der Waals surface area contributed by atoms with Gasteiger partial charge in [0.2, 0.25) is 0 Å². The maximum atomic E-state index is 13.4. The minimum Gasteiger partial charge on any atom is -0.424 e. The van der Waals surface area contributed by atoms with Gasteiger partial charge in [0.15, 0.2) is 11.6 Å². The summed E-state index contributed by atoms with van der Waals surface area (Å²) in [6, 6.07) is 14.0. The third-order valence-corrected chi connectivity index (χ3v) is 2.29. The Hall–Kier alpha value is -2.16. The van der Waals surface area contributed by atoms with Crippen molar-refractivity contribution >= 4 is 5.97 Å². The summed E-state index contributed by atoms with van der Waals surface area (Å²) in [5, 5.41) is 0. The third-order valence-electron chi connectivity index (χ3n) is 2.29. The summed E-state index contributed by atoms with van der Waals surface area (Å²) in [5.41, 5.74) is 1.75. The Morgan fingerprint density at radius 3 is 2.41 bits per heavy atom. The van der Waals surface area contributed by atoms with Crippen molar-refractivity contribution in [2.75, 3.05) is 0 Å². The maximum Gasteiger partial charge on any atom is 0.308 e. The molecule has 86 valence electrons. The second-order valence-electron chi connectivity index (χ2n) is 3.60. The molecule has 0 atom stereocenters. The smallest absolute Gasteiger partial charge is 0.308 e. The van der Waals surface area contributed by atoms with Gasteiger partial charge in [0, 0.05) is 6.92 Å². The van der Waals surface area contributed by atoms with Crippen LogP contribution in [0.5, 0.6) is 5.75 Å². The Labute approximate surface area is 98.7 Å². The third kappa shape index (κ3) is 2.69. The molecule has 0 heterocycles. The van der Waals surface area contributed by atoms with Crippen molar-refractivity contribution < 1.29 is 13.9 Å². The lowest BCUT2D eigenvalue weighted by molar-refractivity contribution is -0.132. The van der Waals surface area contributed by atoms with E-state index in [-0.39, 0.29) is 5.75 Å². The van der Waals surface area contributed by atoms with Gasteiger partial charge in [-0.15, -0.1) is 0 Å². The lowest BCUT2D eigenvalue weighted by atomic mass is 10.1. The number of ether oxygens (including phenoxy) is 1. The zero-order valence-corrected chi connectivity index (χ0v) is 9.31. The van der Waals surface area contributed by atoms with E-state index in [0.29, 0.717) is 0 Å². The zero-order valence-electron chi connectivity index (χ0n) is 9.31. The summed E-state index contributed by atoms with van der Waals surface area (Å²) < 4.78 is 18.2. The molecule has 0 aliphatic rings. The minimum absolute atomic E-state index is 0.0427. The molecule has 2 rings (SSSR count). The first kappa shape index (κ1) is 11.3. The molecule has 3 heteroatoms. The van der Waals surface area contributed by atoms with E-state index >= 15 is 0 Å². The van der Waals surface area contributed by atoms with E-state index in [0.717, 1.165) is 11.1 Å². The van der Waals surface area contributed by atoms with E-state index in [4.69, 9.17) is 4.74 Å². The summed E-state index contributed by atoms with van der Waals surface area (Å²) in [5.74, 6) is -1.12. The van der Waals surface area contributed by atoms with E-state index in [1.54, 1.807) is 6.07 Å². The van der Waals surface area contributed by atoms with Crippen molar-refractivity contribution in [3.05, 3.63) is 54.3 Å². The van der Waals surface area contributed by atoms with Gasteiger partial charge in [0.25, 0.3) is 0 Å². The van der Waals surface area contributed by atoms with E-state index in [1.807, 2.05) is 30.3 Å². The van der Waals surface area contributed by atoms with Gasteiger partial charge >= 0.3 is 5.97 Å². The molecule has 0 amide bonds. The number of carbonyl (C=O) groups excluding carboxylic acids is 1. The van der Waals surface area contributed by atoms with Crippen molar-refractivity contribution in [3.8, 4) is 16.9 Å². The van der Waals surface area contributed by atoms with Gasteiger partial charge in [-0.2, -0.15) is 0 Å². The first-order chi connectivity index (χ1) is 8.16. The van der Waals surface area contributed by atoms with Gasteiger partial charge in [-0.1, -0.05) is 36.4 Å². The van der Waals surface area contributed by atoms with Crippen molar-refractivity contribution in [3.63, 3.8) is 0 Å². The molecule has 2 nitrogen and oxygen atoms in total. The van der Waals surface area contributed by atoms with Gasteiger partial charge in [0.1, 0.15) is 0 Å². The number of rotatable bonds is 2. The van der Waals surface area contributed by atoms with Crippen molar-refractivity contribution in [1.82, 2.24) is 0 Å². The van der Waals surface area contributed by atoms with Gasteiger partial charge in [-0.25, -0.2) is 4.39 Å². The molecular formula is C14H11FO2. The highest BCUT2D eigenvalue weighted by atomic mass is 19.1. The highest BCUT2D eigenvalue weighted by molar-refractivity contribution is 5.71. The maximum absolute atomic E-state index is 13.4. The minimum atomic E-state index is -0.542. The number of hydrogen-bond acceptors (Lipinski definition) is 2. The molecule has 0 unspecified atom stereocenters. The first-order valence-corrected chi connectivity index (χ1v) is 5.20. The highest BCUT2D eigenvalue weighted by Gasteiger charge is 2.08. The lowest BCUT2D eigenvalue weighted by Crippen LogP contribution is -2.03. The summed E-state index contributed by atoms with van der Waals surface area (Å²) in [6.45, 7) is 1.24. The normalized spacial score (nSPS) is 10.0. The molecule has 0 fully saturated rings. The van der Waals surface area contributed by atoms with Crippen LogP contribution in [0.2, 0.25) is 0 Å². The molecule has 0 aromatic heterocycles. The summed E-state index contributed by atoms with van der Waals surface area (Å²) in [4.78, 5) is 10.8. The van der Waals surface area contributed by atoms with Crippen LogP contribution in [0, 0.1) is 5.82 Å². The molecule has 17 heavy (non-hydrogen) atoms. The Morgan fingerprint density at radius 1 is 1.06 bits per heavy atom. The lowest BCUT2D eigenvalue weighted by Gasteiger charge is -2.06. The van der Waals surface area contributed by atoms with Gasteiger partial charge < -0.3 is 4.74 Å². The largest absolute Gasteiger partial charge is 0.424 e. The fourth-order valence-corrected chi connectivity index (χ4v) is 1.55. The summed E-state index contributed by atoms with van der Waals surface area (Å²) in [6.07, 6.45) is 0. The fraction of sp³-hybridized carbons (Fsp3) is 0.0714. The van der Waals surface area contributed by atoms with E-state index in [9.17, 15) is 9.18 Å². The van der Waals surface area contributed by atoms with Crippen LogP contribution in [0.3, 0.4) is 0 Å². The van der Waals surface area contributed by atoms with Crippen LogP contribution in [0.15, 0.2) is 48.5 Å². The molecule has 0 aliphatic carbocycles. The topological polar surface area (TPSA) is 26.3 Å². The molecule has 0 aliphatic heterocycles. The second kappa shape index (κ2) is 4.78. The molecule has 0 saturated carbocycles. The average Bonchev–Trinajstić information content (AvgIpc) is 2.32. The average molecular weight is 230 g/mol. The van der Waals surface area contributed by atoms with Crippen molar-refractivity contribution in [1.29, 1.82) is 0 Å². The molecule has 0 spiro atoms. The monoisotopic (exact) mass is 230 g/mol. The van der Waals surface area contributed by atoms with Crippen LogP contribution < -0.4 is 4.74 Å². The second-order valence-corrected chi connectivity index (χ2v) is 3.60. The van der Waals surface area contributed by atoms with Gasteiger partial charge in [-0.3, -0.25) is 4.79 Å². The van der Waals surface area contributed by atoms with E-state index in [2.05, 4.69) is 0 Å².